The molecular formula is C68H74O19. The van der Waals surface area contributed by atoms with E-state index >= 15 is 0 Å². The molecule has 0 bridgehead atoms. The highest BCUT2D eigenvalue weighted by Gasteiger charge is 2.17. The van der Waals surface area contributed by atoms with E-state index in [1.165, 1.54) is 24.3 Å². The van der Waals surface area contributed by atoms with Crippen LogP contribution in [0.15, 0.2) is 159 Å². The Labute approximate surface area is 506 Å². The van der Waals surface area contributed by atoms with Gasteiger partial charge in [0.15, 0.2) is 0 Å². The first-order valence-electron chi connectivity index (χ1n) is 28.7. The molecule has 0 spiro atoms. The van der Waals surface area contributed by atoms with E-state index in [4.69, 9.17) is 61.6 Å². The molecule has 460 valence electrons. The molecule has 6 aromatic rings. The predicted molar refractivity (Wildman–Crippen MR) is 322 cm³/mol. The number of rotatable bonds is 40. The van der Waals surface area contributed by atoms with Gasteiger partial charge in [-0.05, 0) is 210 Å². The lowest BCUT2D eigenvalue weighted by Gasteiger charge is -2.11. The molecule has 19 nitrogen and oxygen atoms in total. The lowest BCUT2D eigenvalue weighted by molar-refractivity contribution is -0.138. The van der Waals surface area contributed by atoms with Crippen LogP contribution in [0.4, 0.5) is 0 Å². The Kier molecular flexibility index (Phi) is 29.1. The average molecular weight is 1200 g/mol. The van der Waals surface area contributed by atoms with Gasteiger partial charge in [0.25, 0.3) is 0 Å². The van der Waals surface area contributed by atoms with Gasteiger partial charge < -0.3 is 61.6 Å². The smallest absolute Gasteiger partial charge is 0.343 e. The van der Waals surface area contributed by atoms with E-state index in [-0.39, 0.29) is 36.2 Å². The van der Waals surface area contributed by atoms with Crippen LogP contribution in [-0.2, 0) is 33.3 Å². The highest BCUT2D eigenvalue weighted by atomic mass is 16.6. The number of hydrogen-bond acceptors (Lipinski definition) is 19. The molecule has 0 radical (unpaired) electrons. The van der Waals surface area contributed by atoms with Crippen LogP contribution >= 0.6 is 0 Å². The van der Waals surface area contributed by atoms with Gasteiger partial charge in [0.1, 0.15) is 59.2 Å². The zero-order valence-electron chi connectivity index (χ0n) is 49.2. The Morgan fingerprint density at radius 2 is 0.586 bits per heavy atom. The molecular weight excluding hydrogens is 1120 g/mol. The van der Waals surface area contributed by atoms with Crippen molar-refractivity contribution >= 4 is 35.8 Å². The van der Waals surface area contributed by atoms with Crippen molar-refractivity contribution in [3.05, 3.63) is 192 Å². The van der Waals surface area contributed by atoms with Gasteiger partial charge in [-0.15, -0.1) is 0 Å². The quantitative estimate of drug-likeness (QED) is 0.0151. The van der Waals surface area contributed by atoms with Crippen LogP contribution < -0.4 is 37.9 Å². The predicted octanol–water partition coefficient (Wildman–Crippen LogP) is 12.0. The molecule has 0 unspecified atom stereocenters. The zero-order chi connectivity index (χ0) is 61.9. The van der Waals surface area contributed by atoms with Crippen LogP contribution in [0.3, 0.4) is 0 Å². The minimum Gasteiger partial charge on any atom is -0.494 e. The number of hydrogen-bond donors (Lipinski definition) is 0. The maximum absolute atomic E-state index is 13.0. The van der Waals surface area contributed by atoms with Crippen LogP contribution in [0.25, 0.3) is 0 Å². The molecule has 0 aliphatic heterocycles. The summed E-state index contributed by atoms with van der Waals surface area (Å²) in [5, 5.41) is 0. The topological polar surface area (TPSA) is 222 Å². The molecule has 0 aliphatic carbocycles. The number of unbranched alkanes of at least 4 members (excludes halogenated alkanes) is 6. The second-order valence-electron chi connectivity index (χ2n) is 19.3. The SMILES string of the molecule is C=CC(=O)OCCCCCCOc1ccc(C(=O)Oc2ccc(OC(=O)c3ccc(OCCOCCOCCOCCOc4ccc(C(=O)Oc5ccc(OC(=O)c6ccc(OCCCCCCOC(=O)C=C)cc6C)cc5)cc4)cc3)cc2)c(C)c1. The van der Waals surface area contributed by atoms with Crippen molar-refractivity contribution in [3.8, 4) is 46.0 Å². The van der Waals surface area contributed by atoms with Crippen molar-refractivity contribution in [2.24, 2.45) is 0 Å². The second kappa shape index (κ2) is 37.9. The Hall–Kier alpha value is -9.30. The summed E-state index contributed by atoms with van der Waals surface area (Å²) >= 11 is 0. The molecule has 0 saturated heterocycles. The van der Waals surface area contributed by atoms with Crippen molar-refractivity contribution in [3.63, 3.8) is 0 Å². The van der Waals surface area contributed by atoms with E-state index in [1.807, 2.05) is 0 Å². The summed E-state index contributed by atoms with van der Waals surface area (Å²) in [6.07, 6.45) is 9.20. The number of esters is 6. The van der Waals surface area contributed by atoms with Gasteiger partial charge in [-0.3, -0.25) is 0 Å². The molecule has 0 fully saturated rings. The van der Waals surface area contributed by atoms with Gasteiger partial charge in [-0.25, -0.2) is 28.8 Å². The van der Waals surface area contributed by atoms with E-state index < -0.39 is 35.8 Å². The summed E-state index contributed by atoms with van der Waals surface area (Å²) in [4.78, 5) is 73.8. The molecule has 6 rings (SSSR count). The third-order valence-electron chi connectivity index (χ3n) is 12.7. The first-order valence-corrected chi connectivity index (χ1v) is 28.7. The maximum atomic E-state index is 13.0. The third kappa shape index (κ3) is 25.1. The molecule has 0 atom stereocenters. The Morgan fingerprint density at radius 1 is 0.310 bits per heavy atom. The van der Waals surface area contributed by atoms with Gasteiger partial charge in [-0.2, -0.15) is 0 Å². The Balaban J connectivity index is 0.743. The van der Waals surface area contributed by atoms with Gasteiger partial charge in [0.2, 0.25) is 0 Å². The van der Waals surface area contributed by atoms with Gasteiger partial charge in [0, 0.05) is 12.2 Å². The van der Waals surface area contributed by atoms with E-state index in [2.05, 4.69) is 13.2 Å². The van der Waals surface area contributed by atoms with Crippen molar-refractivity contribution in [2.45, 2.75) is 65.2 Å². The van der Waals surface area contributed by atoms with Gasteiger partial charge in [-0.1, -0.05) is 13.2 Å². The molecule has 0 aromatic heterocycles. The summed E-state index contributed by atoms with van der Waals surface area (Å²) < 4.78 is 72.0. The number of carbonyl (C=O) groups excluding carboxylic acids is 6. The summed E-state index contributed by atoms with van der Waals surface area (Å²) in [5.74, 6) is 0.471. The Bertz CT molecular complexity index is 2930. The largest absolute Gasteiger partial charge is 0.494 e. The maximum Gasteiger partial charge on any atom is 0.343 e. The van der Waals surface area contributed by atoms with E-state index in [1.54, 1.807) is 123 Å². The molecule has 19 heteroatoms. The standard InChI is InChI=1S/C68H74O19/c1-5-63(69)82-37-13-9-7-11-35-78-59-31-33-61(49(3)47-59)67(73)86-57-27-23-55(24-28-57)84-65(71)51-15-19-53(20-16-51)80-45-43-76-41-39-75-40-42-77-44-46-81-54-21-17-52(18-22-54)66(72)85-56-25-29-58(30-26-56)87-68(74)62-34-32-60(48-50(62)4)79-36-12-8-10-14-38-83-64(70)6-2/h5-6,15-34,47-48H,1-2,7-14,35-46H2,3-4H3. The highest BCUT2D eigenvalue weighted by Crippen LogP contribution is 2.26. The Morgan fingerprint density at radius 3 is 0.908 bits per heavy atom. The summed E-state index contributed by atoms with van der Waals surface area (Å²) in [5.41, 5.74) is 2.82. The van der Waals surface area contributed by atoms with Crippen LogP contribution in [0.2, 0.25) is 0 Å². The molecule has 6 aromatic carbocycles. The summed E-state index contributed by atoms with van der Waals surface area (Å²) in [6, 6.07) is 35.7. The van der Waals surface area contributed by atoms with Crippen LogP contribution in [0, 0.1) is 13.8 Å². The molecule has 0 saturated carbocycles. The molecule has 0 N–H and O–H groups in total. The van der Waals surface area contributed by atoms with Crippen molar-refractivity contribution in [1.29, 1.82) is 0 Å². The van der Waals surface area contributed by atoms with Gasteiger partial charge in [0.05, 0.1) is 88.3 Å². The van der Waals surface area contributed by atoms with E-state index in [0.717, 1.165) is 63.5 Å². The monoisotopic (exact) mass is 1190 g/mol. The van der Waals surface area contributed by atoms with Crippen molar-refractivity contribution in [1.82, 2.24) is 0 Å². The highest BCUT2D eigenvalue weighted by molar-refractivity contribution is 5.94. The fourth-order valence-corrected chi connectivity index (χ4v) is 8.03. The fourth-order valence-electron chi connectivity index (χ4n) is 8.03. The third-order valence-corrected chi connectivity index (χ3v) is 12.7. The molecule has 0 heterocycles. The first-order chi connectivity index (χ1) is 42.4. The molecule has 87 heavy (non-hydrogen) atoms. The van der Waals surface area contributed by atoms with Crippen LogP contribution in [-0.4, -0.2) is 115 Å². The normalized spacial score (nSPS) is 10.7. The fraction of sp³-hybridized carbons (Fsp3) is 0.324. The minimum absolute atomic E-state index is 0.273. The average Bonchev–Trinajstić information content (AvgIpc) is 3.66. The van der Waals surface area contributed by atoms with Crippen LogP contribution in [0.1, 0.15) is 104 Å². The van der Waals surface area contributed by atoms with E-state index in [9.17, 15) is 28.8 Å². The van der Waals surface area contributed by atoms with E-state index in [0.29, 0.717) is 122 Å². The number of benzene rings is 6. The van der Waals surface area contributed by atoms with Crippen LogP contribution in [0.5, 0.6) is 46.0 Å². The minimum atomic E-state index is -0.570. The molecule has 0 amide bonds. The van der Waals surface area contributed by atoms with Crippen molar-refractivity contribution in [2.75, 3.05) is 79.3 Å². The second-order valence-corrected chi connectivity index (χ2v) is 19.3. The number of ether oxygens (including phenoxy) is 13. The lowest BCUT2D eigenvalue weighted by atomic mass is 10.1. The molecule has 0 aliphatic rings. The summed E-state index contributed by atoms with van der Waals surface area (Å²) in [6.45, 7) is 14.8. The zero-order valence-corrected chi connectivity index (χ0v) is 49.2. The lowest BCUT2D eigenvalue weighted by Crippen LogP contribution is -2.14. The number of carbonyl (C=O) groups is 6. The first kappa shape index (κ1) is 66.8. The van der Waals surface area contributed by atoms with Crippen molar-refractivity contribution < 1.29 is 90.3 Å². The van der Waals surface area contributed by atoms with Gasteiger partial charge >= 0.3 is 35.8 Å². The number of aryl methyl sites for hydroxylation is 2. The summed E-state index contributed by atoms with van der Waals surface area (Å²) in [7, 11) is 0.